The van der Waals surface area contributed by atoms with Crippen LogP contribution in [-0.4, -0.2) is 37.5 Å². The van der Waals surface area contributed by atoms with Crippen molar-refractivity contribution in [1.82, 2.24) is 10.2 Å². The van der Waals surface area contributed by atoms with E-state index in [1.165, 1.54) is 6.42 Å². The summed E-state index contributed by atoms with van der Waals surface area (Å²) in [5.41, 5.74) is 0. The van der Waals surface area contributed by atoms with Gasteiger partial charge in [0, 0.05) is 13.1 Å². The number of amides is 1. The average molecular weight is 182 g/mol. The molecular weight excluding hydrogens is 164 g/mol. The number of hydrogen-bond donors (Lipinski definition) is 1. The number of nitrogens with one attached hydrogen (secondary N) is 1. The van der Waals surface area contributed by atoms with Gasteiger partial charge in [-0.05, 0) is 38.9 Å². The molecule has 0 aromatic heterocycles. The van der Waals surface area contributed by atoms with E-state index in [2.05, 4.69) is 17.3 Å². The highest BCUT2D eigenvalue weighted by Gasteiger charge is 2.19. The van der Waals surface area contributed by atoms with Crippen LogP contribution in [0.3, 0.4) is 0 Å². The van der Waals surface area contributed by atoms with Crippen LogP contribution in [0.4, 0.5) is 0 Å². The van der Waals surface area contributed by atoms with Gasteiger partial charge in [-0.15, -0.1) is 0 Å². The van der Waals surface area contributed by atoms with Crippen LogP contribution in [0.25, 0.3) is 0 Å². The molecule has 0 radical (unpaired) electrons. The van der Waals surface area contributed by atoms with Crippen LogP contribution in [0, 0.1) is 5.92 Å². The van der Waals surface area contributed by atoms with Crippen LogP contribution in [0.5, 0.6) is 0 Å². The minimum Gasteiger partial charge on any atom is -0.352 e. The molecule has 0 bridgehead atoms. The lowest BCUT2D eigenvalue weighted by Gasteiger charge is -2.10. The number of rotatable bonds is 3. The van der Waals surface area contributed by atoms with Gasteiger partial charge in [-0.1, -0.05) is 6.08 Å². The molecule has 0 saturated carbocycles. The first-order valence-electron chi connectivity index (χ1n) is 4.81. The molecule has 1 saturated heterocycles. The molecule has 74 valence electrons. The Balaban J connectivity index is 2.16. The molecular formula is C10H18N2O. The van der Waals surface area contributed by atoms with Crippen LogP contribution < -0.4 is 5.32 Å². The van der Waals surface area contributed by atoms with E-state index in [4.69, 9.17) is 0 Å². The Morgan fingerprint density at radius 2 is 2.46 bits per heavy atom. The van der Waals surface area contributed by atoms with Crippen molar-refractivity contribution < 1.29 is 4.79 Å². The highest BCUT2D eigenvalue weighted by molar-refractivity contribution is 5.87. The Labute approximate surface area is 79.8 Å². The first kappa shape index (κ1) is 10.3. The molecule has 1 heterocycles. The predicted octanol–water partition coefficient (Wildman–Crippen LogP) is 0.630. The Morgan fingerprint density at radius 3 is 3.00 bits per heavy atom. The highest BCUT2D eigenvalue weighted by atomic mass is 16.1. The van der Waals surface area contributed by atoms with E-state index in [9.17, 15) is 4.79 Å². The van der Waals surface area contributed by atoms with Crippen molar-refractivity contribution in [3.63, 3.8) is 0 Å². The van der Waals surface area contributed by atoms with Crippen molar-refractivity contribution in [3.8, 4) is 0 Å². The standard InChI is InChI=1S/C10H18N2O/c1-3-4-10(13)11-7-9-5-6-12(2)8-9/h3-4,9H,5-8H2,1-2H3,(H,11,13). The van der Waals surface area contributed by atoms with Crippen molar-refractivity contribution in [2.75, 3.05) is 26.7 Å². The van der Waals surface area contributed by atoms with Gasteiger partial charge in [-0.25, -0.2) is 0 Å². The number of nitrogens with zero attached hydrogens (tertiary/aromatic N) is 1. The van der Waals surface area contributed by atoms with Crippen molar-refractivity contribution in [1.29, 1.82) is 0 Å². The summed E-state index contributed by atoms with van der Waals surface area (Å²) in [5.74, 6) is 0.663. The molecule has 0 aromatic rings. The minimum absolute atomic E-state index is 0.0250. The second-order valence-electron chi connectivity index (χ2n) is 3.66. The molecule has 0 spiro atoms. The first-order chi connectivity index (χ1) is 6.22. The van der Waals surface area contributed by atoms with Crippen LogP contribution >= 0.6 is 0 Å². The number of hydrogen-bond acceptors (Lipinski definition) is 2. The van der Waals surface area contributed by atoms with E-state index in [1.54, 1.807) is 12.2 Å². The normalized spacial score (nSPS) is 24.0. The van der Waals surface area contributed by atoms with Gasteiger partial charge in [-0.3, -0.25) is 4.79 Å². The van der Waals surface area contributed by atoms with Gasteiger partial charge >= 0.3 is 0 Å². The maximum atomic E-state index is 11.1. The van der Waals surface area contributed by atoms with E-state index in [0.717, 1.165) is 19.6 Å². The third-order valence-corrected chi connectivity index (χ3v) is 2.37. The third kappa shape index (κ3) is 3.59. The van der Waals surface area contributed by atoms with Gasteiger partial charge in [0.2, 0.25) is 5.91 Å². The molecule has 0 aromatic carbocycles. The zero-order chi connectivity index (χ0) is 9.68. The Morgan fingerprint density at radius 1 is 1.69 bits per heavy atom. The molecule has 1 N–H and O–H groups in total. The molecule has 1 rings (SSSR count). The van der Waals surface area contributed by atoms with Crippen molar-refractivity contribution in [2.24, 2.45) is 5.92 Å². The predicted molar refractivity (Wildman–Crippen MR) is 53.4 cm³/mol. The zero-order valence-electron chi connectivity index (χ0n) is 8.42. The lowest BCUT2D eigenvalue weighted by Crippen LogP contribution is -2.29. The topological polar surface area (TPSA) is 32.3 Å². The summed E-state index contributed by atoms with van der Waals surface area (Å²) >= 11 is 0. The van der Waals surface area contributed by atoms with Crippen LogP contribution in [0.15, 0.2) is 12.2 Å². The monoisotopic (exact) mass is 182 g/mol. The van der Waals surface area contributed by atoms with Crippen LogP contribution in [0.1, 0.15) is 13.3 Å². The lowest BCUT2D eigenvalue weighted by molar-refractivity contribution is -0.116. The number of likely N-dealkylation sites (tertiary alicyclic amines) is 1. The van der Waals surface area contributed by atoms with Crippen molar-refractivity contribution >= 4 is 5.91 Å². The van der Waals surface area contributed by atoms with E-state index >= 15 is 0 Å². The second kappa shape index (κ2) is 5.02. The fraction of sp³-hybridized carbons (Fsp3) is 0.700. The molecule has 1 fully saturated rings. The van der Waals surface area contributed by atoms with E-state index < -0.39 is 0 Å². The number of carbonyl (C=O) groups excluding carboxylic acids is 1. The van der Waals surface area contributed by atoms with E-state index in [-0.39, 0.29) is 5.91 Å². The van der Waals surface area contributed by atoms with Crippen molar-refractivity contribution in [2.45, 2.75) is 13.3 Å². The fourth-order valence-electron chi connectivity index (χ4n) is 1.65. The smallest absolute Gasteiger partial charge is 0.243 e. The molecule has 0 aliphatic carbocycles. The Kier molecular flexibility index (Phi) is 3.96. The SMILES string of the molecule is CC=CC(=O)NCC1CCN(C)C1. The van der Waals surface area contributed by atoms with Gasteiger partial charge in [0.15, 0.2) is 0 Å². The maximum absolute atomic E-state index is 11.1. The van der Waals surface area contributed by atoms with Gasteiger partial charge in [0.05, 0.1) is 0 Å². The largest absolute Gasteiger partial charge is 0.352 e. The number of carbonyl (C=O) groups is 1. The summed E-state index contributed by atoms with van der Waals surface area (Å²) in [5, 5.41) is 2.89. The van der Waals surface area contributed by atoms with E-state index in [1.807, 2.05) is 6.92 Å². The summed E-state index contributed by atoms with van der Waals surface area (Å²) in [4.78, 5) is 13.4. The van der Waals surface area contributed by atoms with Gasteiger partial charge in [0.25, 0.3) is 0 Å². The third-order valence-electron chi connectivity index (χ3n) is 2.37. The molecule has 1 aliphatic rings. The first-order valence-corrected chi connectivity index (χ1v) is 4.81. The minimum atomic E-state index is 0.0250. The average Bonchev–Trinajstić information content (AvgIpc) is 2.49. The quantitative estimate of drug-likeness (QED) is 0.649. The second-order valence-corrected chi connectivity index (χ2v) is 3.66. The van der Waals surface area contributed by atoms with Gasteiger partial charge in [-0.2, -0.15) is 0 Å². The molecule has 1 amide bonds. The summed E-state index contributed by atoms with van der Waals surface area (Å²) < 4.78 is 0. The van der Waals surface area contributed by atoms with Crippen LogP contribution in [0.2, 0.25) is 0 Å². The maximum Gasteiger partial charge on any atom is 0.243 e. The zero-order valence-corrected chi connectivity index (χ0v) is 8.42. The molecule has 13 heavy (non-hydrogen) atoms. The van der Waals surface area contributed by atoms with Crippen LogP contribution in [-0.2, 0) is 4.79 Å². The Bertz CT molecular complexity index is 201. The molecule has 3 heteroatoms. The lowest BCUT2D eigenvalue weighted by atomic mass is 10.1. The Hall–Kier alpha value is -0.830. The highest BCUT2D eigenvalue weighted by Crippen LogP contribution is 2.12. The fourth-order valence-corrected chi connectivity index (χ4v) is 1.65. The van der Waals surface area contributed by atoms with Gasteiger partial charge in [0.1, 0.15) is 0 Å². The van der Waals surface area contributed by atoms with Gasteiger partial charge < -0.3 is 10.2 Å². The molecule has 1 aliphatic heterocycles. The summed E-state index contributed by atoms with van der Waals surface area (Å²) in [6.45, 7) is 4.93. The van der Waals surface area contributed by atoms with Crippen molar-refractivity contribution in [3.05, 3.63) is 12.2 Å². The molecule has 3 nitrogen and oxygen atoms in total. The summed E-state index contributed by atoms with van der Waals surface area (Å²) in [6, 6.07) is 0. The summed E-state index contributed by atoms with van der Waals surface area (Å²) in [6.07, 6.45) is 4.53. The molecule has 1 atom stereocenters. The number of allylic oxidation sites excluding steroid dienone is 1. The molecule has 1 unspecified atom stereocenters. The van der Waals surface area contributed by atoms with E-state index in [0.29, 0.717) is 5.92 Å². The summed E-state index contributed by atoms with van der Waals surface area (Å²) in [7, 11) is 2.12.